The number of aryl methyl sites for hydroxylation is 3. The molecule has 0 spiro atoms. The molecule has 0 atom stereocenters. The number of aromatic nitrogens is 1. The lowest BCUT2D eigenvalue weighted by atomic mass is 10.2. The van der Waals surface area contributed by atoms with E-state index in [0.29, 0.717) is 18.1 Å². The number of nitrogens with zero attached hydrogens (tertiary/aromatic N) is 2. The van der Waals surface area contributed by atoms with Crippen molar-refractivity contribution >= 4 is 11.7 Å². The van der Waals surface area contributed by atoms with Gasteiger partial charge < -0.3 is 18.9 Å². The highest BCUT2D eigenvalue weighted by Gasteiger charge is 2.18. The maximum atomic E-state index is 11.0. The normalized spacial score (nSPS) is 10.7. The largest absolute Gasteiger partial charge is 0.478 e. The van der Waals surface area contributed by atoms with Crippen molar-refractivity contribution < 1.29 is 18.8 Å². The molecular weight excluding hydrogens is 248 g/mol. The SMILES string of the molecule is Cc1noc(C)c1N(C)Cc1cc(C(=O)O)c(C)o1. The van der Waals surface area contributed by atoms with Crippen LogP contribution in [0, 0.1) is 20.8 Å². The summed E-state index contributed by atoms with van der Waals surface area (Å²) >= 11 is 0. The third-order valence-electron chi connectivity index (χ3n) is 2.97. The van der Waals surface area contributed by atoms with Crippen molar-refractivity contribution in [3.05, 3.63) is 34.6 Å². The molecule has 6 nitrogen and oxygen atoms in total. The van der Waals surface area contributed by atoms with Crippen LogP contribution < -0.4 is 4.90 Å². The van der Waals surface area contributed by atoms with Crippen LogP contribution in [-0.4, -0.2) is 23.3 Å². The zero-order valence-corrected chi connectivity index (χ0v) is 11.4. The van der Waals surface area contributed by atoms with Crippen LogP contribution in [0.5, 0.6) is 0 Å². The summed E-state index contributed by atoms with van der Waals surface area (Å²) in [6.07, 6.45) is 0. The van der Waals surface area contributed by atoms with E-state index >= 15 is 0 Å². The van der Waals surface area contributed by atoms with Crippen LogP contribution in [0.25, 0.3) is 0 Å². The number of aromatic carboxylic acids is 1. The summed E-state index contributed by atoms with van der Waals surface area (Å²) < 4.78 is 10.6. The van der Waals surface area contributed by atoms with E-state index in [4.69, 9.17) is 14.0 Å². The predicted octanol–water partition coefficient (Wildman–Crippen LogP) is 2.53. The summed E-state index contributed by atoms with van der Waals surface area (Å²) in [5.41, 5.74) is 1.88. The zero-order chi connectivity index (χ0) is 14.2. The van der Waals surface area contributed by atoms with E-state index in [0.717, 1.165) is 17.1 Å². The van der Waals surface area contributed by atoms with Gasteiger partial charge in [-0.3, -0.25) is 0 Å². The molecule has 0 aliphatic carbocycles. The van der Waals surface area contributed by atoms with Gasteiger partial charge in [0.2, 0.25) is 0 Å². The summed E-state index contributed by atoms with van der Waals surface area (Å²) in [6.45, 7) is 5.79. The maximum absolute atomic E-state index is 11.0. The van der Waals surface area contributed by atoms with E-state index in [2.05, 4.69) is 5.16 Å². The van der Waals surface area contributed by atoms with Gasteiger partial charge in [-0.1, -0.05) is 5.16 Å². The van der Waals surface area contributed by atoms with E-state index < -0.39 is 5.97 Å². The third-order valence-corrected chi connectivity index (χ3v) is 2.97. The molecule has 0 aromatic carbocycles. The molecule has 0 saturated carbocycles. The Morgan fingerprint density at radius 2 is 2.05 bits per heavy atom. The fourth-order valence-electron chi connectivity index (χ4n) is 2.17. The minimum atomic E-state index is -0.979. The average molecular weight is 264 g/mol. The molecular formula is C13H16N2O4. The Labute approximate surface area is 110 Å². The van der Waals surface area contributed by atoms with Crippen LogP contribution in [0.1, 0.15) is 33.3 Å². The van der Waals surface area contributed by atoms with Gasteiger partial charge in [0.25, 0.3) is 0 Å². The van der Waals surface area contributed by atoms with Gasteiger partial charge in [-0.15, -0.1) is 0 Å². The van der Waals surface area contributed by atoms with Gasteiger partial charge in [0.15, 0.2) is 5.76 Å². The average Bonchev–Trinajstić information content (AvgIpc) is 2.82. The molecule has 6 heteroatoms. The van der Waals surface area contributed by atoms with Gasteiger partial charge in [0.1, 0.15) is 28.5 Å². The second-order valence-corrected chi connectivity index (χ2v) is 4.52. The molecule has 2 aromatic heterocycles. The molecule has 19 heavy (non-hydrogen) atoms. The van der Waals surface area contributed by atoms with E-state index in [9.17, 15) is 4.79 Å². The van der Waals surface area contributed by atoms with Gasteiger partial charge in [-0.2, -0.15) is 0 Å². The van der Waals surface area contributed by atoms with E-state index in [-0.39, 0.29) is 5.56 Å². The number of hydrogen-bond donors (Lipinski definition) is 1. The van der Waals surface area contributed by atoms with Crippen LogP contribution in [-0.2, 0) is 6.54 Å². The molecule has 0 amide bonds. The summed E-state index contributed by atoms with van der Waals surface area (Å²) in [5, 5.41) is 12.9. The topological polar surface area (TPSA) is 79.7 Å². The van der Waals surface area contributed by atoms with Crippen molar-refractivity contribution in [2.75, 3.05) is 11.9 Å². The number of hydrogen-bond acceptors (Lipinski definition) is 5. The first-order valence-corrected chi connectivity index (χ1v) is 5.86. The fraction of sp³-hybridized carbons (Fsp3) is 0.385. The second kappa shape index (κ2) is 4.79. The Morgan fingerprint density at radius 1 is 1.37 bits per heavy atom. The summed E-state index contributed by atoms with van der Waals surface area (Å²) in [4.78, 5) is 12.9. The molecule has 2 aromatic rings. The van der Waals surface area contributed by atoms with Crippen LogP contribution in [0.15, 0.2) is 15.0 Å². The van der Waals surface area contributed by atoms with E-state index in [1.54, 1.807) is 13.0 Å². The van der Waals surface area contributed by atoms with Crippen molar-refractivity contribution in [2.45, 2.75) is 27.3 Å². The smallest absolute Gasteiger partial charge is 0.339 e. The maximum Gasteiger partial charge on any atom is 0.339 e. The lowest BCUT2D eigenvalue weighted by molar-refractivity contribution is 0.0695. The number of anilines is 1. The van der Waals surface area contributed by atoms with E-state index in [1.165, 1.54) is 0 Å². The number of carboxylic acids is 1. The molecule has 0 saturated heterocycles. The van der Waals surface area contributed by atoms with Gasteiger partial charge >= 0.3 is 5.97 Å². The first-order chi connectivity index (χ1) is 8.90. The monoisotopic (exact) mass is 264 g/mol. The van der Waals surface area contributed by atoms with E-state index in [1.807, 2.05) is 25.8 Å². The molecule has 0 unspecified atom stereocenters. The third kappa shape index (κ3) is 2.47. The fourth-order valence-corrected chi connectivity index (χ4v) is 2.17. The summed E-state index contributed by atoms with van der Waals surface area (Å²) in [6, 6.07) is 1.55. The van der Waals surface area contributed by atoms with Crippen molar-refractivity contribution in [1.82, 2.24) is 5.16 Å². The molecule has 0 radical (unpaired) electrons. The molecule has 2 rings (SSSR count). The highest BCUT2D eigenvalue weighted by atomic mass is 16.5. The van der Waals surface area contributed by atoms with Gasteiger partial charge in [0, 0.05) is 7.05 Å². The Bertz CT molecular complexity index is 593. The highest BCUT2D eigenvalue weighted by Crippen LogP contribution is 2.25. The van der Waals surface area contributed by atoms with Gasteiger partial charge in [-0.05, 0) is 26.8 Å². The van der Waals surface area contributed by atoms with Gasteiger partial charge in [0.05, 0.1) is 6.54 Å². The standard InChI is InChI=1S/C13H16N2O4/c1-7-12(9(3)19-14-7)15(4)6-10-5-11(13(16)17)8(2)18-10/h5H,6H2,1-4H3,(H,16,17). The van der Waals surface area contributed by atoms with Crippen LogP contribution >= 0.6 is 0 Å². The first kappa shape index (κ1) is 13.2. The Balaban J connectivity index is 2.22. The second-order valence-electron chi connectivity index (χ2n) is 4.52. The van der Waals surface area contributed by atoms with Crippen molar-refractivity contribution in [3.8, 4) is 0 Å². The molecule has 0 aliphatic rings. The van der Waals surface area contributed by atoms with Crippen LogP contribution in [0.4, 0.5) is 5.69 Å². The van der Waals surface area contributed by atoms with Crippen LogP contribution in [0.2, 0.25) is 0 Å². The van der Waals surface area contributed by atoms with Crippen molar-refractivity contribution in [3.63, 3.8) is 0 Å². The number of rotatable bonds is 4. The zero-order valence-electron chi connectivity index (χ0n) is 11.4. The van der Waals surface area contributed by atoms with Crippen molar-refractivity contribution in [1.29, 1.82) is 0 Å². The minimum absolute atomic E-state index is 0.196. The summed E-state index contributed by atoms with van der Waals surface area (Å²) in [5.74, 6) is 0.751. The molecule has 102 valence electrons. The lowest BCUT2D eigenvalue weighted by Crippen LogP contribution is -2.17. The molecule has 0 fully saturated rings. The van der Waals surface area contributed by atoms with Crippen molar-refractivity contribution in [2.24, 2.45) is 0 Å². The Kier molecular flexibility index (Phi) is 3.33. The molecule has 1 N–H and O–H groups in total. The van der Waals surface area contributed by atoms with Crippen LogP contribution in [0.3, 0.4) is 0 Å². The summed E-state index contributed by atoms with van der Waals surface area (Å²) in [7, 11) is 1.88. The number of carboxylic acid groups (broad SMARTS) is 1. The Morgan fingerprint density at radius 3 is 2.53 bits per heavy atom. The number of carbonyl (C=O) groups is 1. The quantitative estimate of drug-likeness (QED) is 0.914. The number of furan rings is 1. The first-order valence-electron chi connectivity index (χ1n) is 5.86. The molecule has 0 bridgehead atoms. The predicted molar refractivity (Wildman–Crippen MR) is 68.5 cm³/mol. The minimum Gasteiger partial charge on any atom is -0.478 e. The Hall–Kier alpha value is -2.24. The molecule has 0 aliphatic heterocycles. The lowest BCUT2D eigenvalue weighted by Gasteiger charge is -2.16. The van der Waals surface area contributed by atoms with Gasteiger partial charge in [-0.25, -0.2) is 4.79 Å². The molecule has 2 heterocycles. The highest BCUT2D eigenvalue weighted by molar-refractivity contribution is 5.88.